The second-order valence-electron chi connectivity index (χ2n) is 2.61. The fourth-order valence-corrected chi connectivity index (χ4v) is 0. The Bertz CT molecular complexity index is 58.5. The quantitative estimate of drug-likeness (QED) is 0.622. The van der Waals surface area contributed by atoms with Crippen molar-refractivity contribution in [3.8, 4) is 0 Å². The number of hydrogen-bond donors (Lipinski definition) is 2. The Kier molecular flexibility index (Phi) is 9.56. The maximum atomic E-state index is 5.55. The van der Waals surface area contributed by atoms with Crippen molar-refractivity contribution in [2.24, 2.45) is 11.5 Å². The average Bonchev–Trinajstić information content (AvgIpc) is 1.31. The van der Waals surface area contributed by atoms with Crippen molar-refractivity contribution < 1.29 is 0 Å². The molecule has 4 heteroatoms. The molecule has 0 amide bonds. The molecule has 0 aliphatic heterocycles. The second kappa shape index (κ2) is 5.30. The van der Waals surface area contributed by atoms with Gasteiger partial charge in [-0.05, 0) is 20.8 Å². The summed E-state index contributed by atoms with van der Waals surface area (Å²) in [6.45, 7) is 5.73. The van der Waals surface area contributed by atoms with Crippen LogP contribution in [0.15, 0.2) is 0 Å². The third kappa shape index (κ3) is 8.50. The molecule has 0 bridgehead atoms. The first-order valence-corrected chi connectivity index (χ1v) is 2.49. The van der Waals surface area contributed by atoms with Crippen LogP contribution in [0.4, 0.5) is 0 Å². The highest BCUT2D eigenvalue weighted by Crippen LogP contribution is 1.98. The Hall–Kier alpha value is 0.500. The summed E-state index contributed by atoms with van der Waals surface area (Å²) in [7, 11) is 0. The van der Waals surface area contributed by atoms with Gasteiger partial charge in [-0.15, -0.1) is 24.8 Å². The van der Waals surface area contributed by atoms with E-state index in [9.17, 15) is 0 Å². The summed E-state index contributed by atoms with van der Waals surface area (Å²) in [6, 6.07) is 0.0764. The summed E-state index contributed by atoms with van der Waals surface area (Å²) in [5.74, 6) is 0. The van der Waals surface area contributed by atoms with Crippen LogP contribution in [0.1, 0.15) is 20.8 Å². The topological polar surface area (TPSA) is 52.0 Å². The molecule has 9 heavy (non-hydrogen) atoms. The molecular formula is C5H16Cl2N2. The monoisotopic (exact) mass is 174 g/mol. The van der Waals surface area contributed by atoms with Crippen LogP contribution in [-0.2, 0) is 0 Å². The van der Waals surface area contributed by atoms with Crippen LogP contribution in [0.25, 0.3) is 0 Å². The van der Waals surface area contributed by atoms with E-state index >= 15 is 0 Å². The molecule has 0 aromatic heterocycles. The first kappa shape index (κ1) is 16.2. The predicted molar refractivity (Wildman–Crippen MR) is 46.4 cm³/mol. The summed E-state index contributed by atoms with van der Waals surface area (Å²) < 4.78 is 0. The zero-order valence-electron chi connectivity index (χ0n) is 6.05. The Labute approximate surface area is 69.2 Å². The zero-order chi connectivity index (χ0) is 6.08. The normalized spacial score (nSPS) is 13.0. The first-order valence-electron chi connectivity index (χ1n) is 2.49. The minimum Gasteiger partial charge on any atom is -0.326 e. The maximum Gasteiger partial charge on any atom is 0.0247 e. The molecule has 0 aliphatic rings. The largest absolute Gasteiger partial charge is 0.326 e. The highest BCUT2D eigenvalue weighted by molar-refractivity contribution is 5.85. The van der Waals surface area contributed by atoms with Gasteiger partial charge in [-0.2, -0.15) is 0 Å². The summed E-state index contributed by atoms with van der Waals surface area (Å²) in [5.41, 5.74) is 10.8. The van der Waals surface area contributed by atoms with Crippen molar-refractivity contribution in [3.63, 3.8) is 0 Å². The lowest BCUT2D eigenvalue weighted by atomic mass is 9.99. The van der Waals surface area contributed by atoms with Crippen molar-refractivity contribution in [3.05, 3.63) is 0 Å². The molecule has 0 aromatic carbocycles. The third-order valence-corrected chi connectivity index (χ3v) is 1.17. The molecule has 1 unspecified atom stereocenters. The summed E-state index contributed by atoms with van der Waals surface area (Å²) in [4.78, 5) is 0. The van der Waals surface area contributed by atoms with Crippen molar-refractivity contribution in [1.29, 1.82) is 0 Å². The molecule has 0 aliphatic carbocycles. The number of nitrogens with two attached hydrogens (primary N) is 2. The highest BCUT2D eigenvalue weighted by atomic mass is 35.5. The Morgan fingerprint density at radius 3 is 1.33 bits per heavy atom. The van der Waals surface area contributed by atoms with Gasteiger partial charge in [0.25, 0.3) is 0 Å². The predicted octanol–water partition coefficient (Wildman–Crippen LogP) is 0.914. The van der Waals surface area contributed by atoms with Gasteiger partial charge in [0.1, 0.15) is 0 Å². The van der Waals surface area contributed by atoms with E-state index in [0.717, 1.165) is 0 Å². The third-order valence-electron chi connectivity index (χ3n) is 1.17. The summed E-state index contributed by atoms with van der Waals surface area (Å²) >= 11 is 0. The molecule has 0 rings (SSSR count). The van der Waals surface area contributed by atoms with E-state index < -0.39 is 0 Å². The average molecular weight is 175 g/mol. The molecule has 1 atom stereocenters. The molecule has 0 aromatic rings. The Balaban J connectivity index is -0.000000180. The lowest BCUT2D eigenvalue weighted by Crippen LogP contribution is -2.48. The van der Waals surface area contributed by atoms with Crippen molar-refractivity contribution in [1.82, 2.24) is 0 Å². The molecule has 0 heterocycles. The van der Waals surface area contributed by atoms with Crippen LogP contribution >= 0.6 is 24.8 Å². The van der Waals surface area contributed by atoms with Gasteiger partial charge < -0.3 is 11.5 Å². The van der Waals surface area contributed by atoms with Crippen LogP contribution in [-0.4, -0.2) is 11.6 Å². The SMILES string of the molecule is CC(N)C(C)(C)N.Cl.Cl. The molecule has 2 nitrogen and oxygen atoms in total. The molecule has 0 saturated heterocycles. The summed E-state index contributed by atoms with van der Waals surface area (Å²) in [6.07, 6.45) is 0. The van der Waals surface area contributed by atoms with E-state index in [1.54, 1.807) is 0 Å². The lowest BCUT2D eigenvalue weighted by Gasteiger charge is -2.22. The smallest absolute Gasteiger partial charge is 0.0247 e. The number of hydrogen-bond acceptors (Lipinski definition) is 2. The van der Waals surface area contributed by atoms with Gasteiger partial charge in [-0.25, -0.2) is 0 Å². The van der Waals surface area contributed by atoms with Gasteiger partial charge in [0.2, 0.25) is 0 Å². The second-order valence-corrected chi connectivity index (χ2v) is 2.61. The zero-order valence-corrected chi connectivity index (χ0v) is 7.68. The van der Waals surface area contributed by atoms with E-state index in [0.29, 0.717) is 0 Å². The van der Waals surface area contributed by atoms with Crippen molar-refractivity contribution >= 4 is 24.8 Å². The standard InChI is InChI=1S/C5H14N2.2ClH/c1-4(6)5(2,3)7;;/h4H,6-7H2,1-3H3;2*1H. The van der Waals surface area contributed by atoms with Crippen LogP contribution in [0.2, 0.25) is 0 Å². The highest BCUT2D eigenvalue weighted by Gasteiger charge is 2.14. The van der Waals surface area contributed by atoms with Gasteiger partial charge in [0.05, 0.1) is 0 Å². The van der Waals surface area contributed by atoms with Crippen molar-refractivity contribution in [2.45, 2.75) is 32.4 Å². The van der Waals surface area contributed by atoms with Crippen molar-refractivity contribution in [2.75, 3.05) is 0 Å². The summed E-state index contributed by atoms with van der Waals surface area (Å²) in [5, 5.41) is 0. The van der Waals surface area contributed by atoms with E-state index in [-0.39, 0.29) is 36.4 Å². The minimum absolute atomic E-state index is 0. The molecule has 0 fully saturated rings. The number of rotatable bonds is 1. The minimum atomic E-state index is -0.222. The molecule has 0 saturated carbocycles. The fourth-order valence-electron chi connectivity index (χ4n) is 0. The van der Waals surface area contributed by atoms with Gasteiger partial charge >= 0.3 is 0 Å². The van der Waals surface area contributed by atoms with Crippen LogP contribution in [0.5, 0.6) is 0 Å². The molecule has 0 radical (unpaired) electrons. The van der Waals surface area contributed by atoms with E-state index in [2.05, 4.69) is 0 Å². The van der Waals surface area contributed by atoms with Gasteiger partial charge in [0, 0.05) is 11.6 Å². The maximum absolute atomic E-state index is 5.55. The Morgan fingerprint density at radius 1 is 1.22 bits per heavy atom. The van der Waals surface area contributed by atoms with Gasteiger partial charge in [-0.1, -0.05) is 0 Å². The van der Waals surface area contributed by atoms with E-state index in [4.69, 9.17) is 11.5 Å². The Morgan fingerprint density at radius 2 is 1.33 bits per heavy atom. The molecular weight excluding hydrogens is 159 g/mol. The van der Waals surface area contributed by atoms with Gasteiger partial charge in [-0.3, -0.25) is 0 Å². The number of halogens is 2. The molecule has 0 spiro atoms. The van der Waals surface area contributed by atoms with Gasteiger partial charge in [0.15, 0.2) is 0 Å². The fraction of sp³-hybridized carbons (Fsp3) is 1.00. The lowest BCUT2D eigenvalue weighted by molar-refractivity contribution is 0.433. The first-order chi connectivity index (χ1) is 2.94. The van der Waals surface area contributed by atoms with Crippen LogP contribution in [0, 0.1) is 0 Å². The van der Waals surface area contributed by atoms with Crippen LogP contribution < -0.4 is 11.5 Å². The molecule has 60 valence electrons. The van der Waals surface area contributed by atoms with Crippen LogP contribution in [0.3, 0.4) is 0 Å². The molecule has 4 N–H and O–H groups in total. The van der Waals surface area contributed by atoms with E-state index in [1.807, 2.05) is 20.8 Å². The van der Waals surface area contributed by atoms with E-state index in [1.165, 1.54) is 0 Å².